The largest absolute Gasteiger partial charge is 0.495 e. The minimum atomic E-state index is -0.771. The van der Waals surface area contributed by atoms with Crippen molar-refractivity contribution in [2.75, 3.05) is 32.7 Å². The van der Waals surface area contributed by atoms with Crippen LogP contribution in [-0.4, -0.2) is 44.1 Å². The topological polar surface area (TPSA) is 67.9 Å². The number of carbonyl (C=O) groups excluding carboxylic acids is 2. The molecule has 3 aromatic carbocycles. The summed E-state index contributed by atoms with van der Waals surface area (Å²) >= 11 is 6.24. The van der Waals surface area contributed by atoms with Gasteiger partial charge in [0.2, 0.25) is 5.91 Å². The third-order valence-corrected chi connectivity index (χ3v) is 6.61. The molecule has 2 amide bonds. The van der Waals surface area contributed by atoms with Crippen LogP contribution in [0, 0.1) is 12.7 Å². The number of hydrogen-bond donors (Lipinski definition) is 1. The molecule has 1 N–H and O–H groups in total. The number of benzene rings is 3. The van der Waals surface area contributed by atoms with E-state index < -0.39 is 17.8 Å². The Bertz CT molecular complexity index is 1250. The molecule has 0 bridgehead atoms. The first-order chi connectivity index (χ1) is 16.8. The number of nitrogens with zero attached hydrogens (tertiary/aromatic N) is 1. The maximum Gasteiger partial charge on any atom is 0.254 e. The number of rotatable bonds is 7. The van der Waals surface area contributed by atoms with Crippen molar-refractivity contribution in [1.82, 2.24) is 4.90 Å². The third kappa shape index (κ3) is 4.88. The lowest BCUT2D eigenvalue weighted by Crippen LogP contribution is -2.47. The number of ether oxygens (including phenoxy) is 2. The number of aryl methyl sites for hydroxylation is 1. The van der Waals surface area contributed by atoms with E-state index in [4.69, 9.17) is 21.1 Å². The number of anilines is 1. The second kappa shape index (κ2) is 10.5. The van der Waals surface area contributed by atoms with Crippen molar-refractivity contribution < 1.29 is 23.5 Å². The average Bonchev–Trinajstić information content (AvgIpc) is 2.86. The molecule has 0 saturated heterocycles. The van der Waals surface area contributed by atoms with E-state index in [1.165, 1.54) is 19.2 Å². The van der Waals surface area contributed by atoms with Gasteiger partial charge in [-0.05, 0) is 47.9 Å². The average molecular weight is 497 g/mol. The van der Waals surface area contributed by atoms with Crippen molar-refractivity contribution in [2.45, 2.75) is 18.9 Å². The molecule has 0 fully saturated rings. The first-order valence-electron chi connectivity index (χ1n) is 11.1. The summed E-state index contributed by atoms with van der Waals surface area (Å²) in [4.78, 5) is 29.1. The number of hydrogen-bond acceptors (Lipinski definition) is 4. The molecule has 0 radical (unpaired) electrons. The highest BCUT2D eigenvalue weighted by Gasteiger charge is 2.44. The van der Waals surface area contributed by atoms with Crippen LogP contribution in [0.2, 0.25) is 5.02 Å². The molecule has 35 heavy (non-hydrogen) atoms. The predicted octanol–water partition coefficient (Wildman–Crippen LogP) is 5.36. The van der Waals surface area contributed by atoms with Crippen molar-refractivity contribution in [3.05, 3.63) is 93.8 Å². The van der Waals surface area contributed by atoms with Crippen LogP contribution in [0.5, 0.6) is 5.75 Å². The van der Waals surface area contributed by atoms with Gasteiger partial charge in [0.1, 0.15) is 11.6 Å². The molecule has 0 spiro atoms. The van der Waals surface area contributed by atoms with Crippen LogP contribution in [0.3, 0.4) is 0 Å². The van der Waals surface area contributed by atoms with Gasteiger partial charge in [-0.1, -0.05) is 41.9 Å². The highest BCUT2D eigenvalue weighted by molar-refractivity contribution is 6.31. The number of amides is 2. The minimum Gasteiger partial charge on any atom is -0.495 e. The fourth-order valence-corrected chi connectivity index (χ4v) is 4.64. The van der Waals surface area contributed by atoms with Crippen LogP contribution in [0.25, 0.3) is 0 Å². The van der Waals surface area contributed by atoms with E-state index in [9.17, 15) is 14.0 Å². The van der Waals surface area contributed by atoms with Crippen molar-refractivity contribution in [2.24, 2.45) is 0 Å². The third-order valence-electron chi connectivity index (χ3n) is 6.21. The van der Waals surface area contributed by atoms with E-state index in [2.05, 4.69) is 5.32 Å². The molecule has 6 nitrogen and oxygen atoms in total. The fourth-order valence-electron chi connectivity index (χ4n) is 4.48. The minimum absolute atomic E-state index is 0.212. The van der Waals surface area contributed by atoms with Crippen molar-refractivity contribution in [3.8, 4) is 5.75 Å². The maximum absolute atomic E-state index is 13.9. The fraction of sp³-hybridized carbons (Fsp3) is 0.259. The Hall–Kier alpha value is -3.42. The van der Waals surface area contributed by atoms with Gasteiger partial charge < -0.3 is 19.7 Å². The summed E-state index contributed by atoms with van der Waals surface area (Å²) in [6, 6.07) is 15.6. The lowest BCUT2D eigenvalue weighted by molar-refractivity contribution is -0.119. The molecule has 182 valence electrons. The van der Waals surface area contributed by atoms with Crippen molar-refractivity contribution in [3.63, 3.8) is 0 Å². The normalized spacial score (nSPS) is 17.2. The van der Waals surface area contributed by atoms with E-state index in [-0.39, 0.29) is 25.0 Å². The molecular formula is C27H26ClFN2O4. The van der Waals surface area contributed by atoms with E-state index in [1.807, 2.05) is 6.92 Å². The van der Waals surface area contributed by atoms with Crippen LogP contribution in [-0.2, 0) is 9.53 Å². The van der Waals surface area contributed by atoms with Gasteiger partial charge in [0.05, 0.1) is 31.4 Å². The van der Waals surface area contributed by atoms with Gasteiger partial charge in [-0.2, -0.15) is 0 Å². The summed E-state index contributed by atoms with van der Waals surface area (Å²) in [5.41, 5.74) is 2.93. The van der Waals surface area contributed by atoms with Gasteiger partial charge in [-0.15, -0.1) is 0 Å². The van der Waals surface area contributed by atoms with E-state index in [0.717, 1.165) is 5.56 Å². The molecule has 2 atom stereocenters. The lowest BCUT2D eigenvalue weighted by atomic mass is 9.79. The lowest BCUT2D eigenvalue weighted by Gasteiger charge is -2.41. The quantitative estimate of drug-likeness (QED) is 0.478. The second-order valence-corrected chi connectivity index (χ2v) is 8.75. The Morgan fingerprint density at radius 3 is 2.51 bits per heavy atom. The summed E-state index contributed by atoms with van der Waals surface area (Å²) in [5.74, 6) is -1.30. The summed E-state index contributed by atoms with van der Waals surface area (Å²) < 4.78 is 24.4. The summed E-state index contributed by atoms with van der Waals surface area (Å²) in [5, 5.41) is 3.49. The Balaban J connectivity index is 1.84. The predicted molar refractivity (Wildman–Crippen MR) is 133 cm³/mol. The maximum atomic E-state index is 13.9. The number of nitrogens with one attached hydrogen (secondary N) is 1. The highest BCUT2D eigenvalue weighted by atomic mass is 35.5. The molecule has 1 heterocycles. The zero-order valence-electron chi connectivity index (χ0n) is 19.7. The van der Waals surface area contributed by atoms with Crippen LogP contribution >= 0.6 is 11.6 Å². The monoisotopic (exact) mass is 496 g/mol. The second-order valence-electron chi connectivity index (χ2n) is 8.34. The van der Waals surface area contributed by atoms with E-state index in [0.29, 0.717) is 33.1 Å². The Morgan fingerprint density at radius 1 is 1.11 bits per heavy atom. The molecule has 3 aromatic rings. The Kier molecular flexibility index (Phi) is 7.38. The molecule has 1 aliphatic heterocycles. The van der Waals surface area contributed by atoms with Gasteiger partial charge in [0.15, 0.2) is 0 Å². The molecule has 4 rings (SSSR count). The van der Waals surface area contributed by atoms with Crippen molar-refractivity contribution in [1.29, 1.82) is 0 Å². The first kappa shape index (κ1) is 24.7. The van der Waals surface area contributed by atoms with Gasteiger partial charge in [0.25, 0.3) is 5.91 Å². The van der Waals surface area contributed by atoms with Crippen LogP contribution in [0.4, 0.5) is 10.1 Å². The number of carbonyl (C=O) groups is 2. The molecule has 8 heteroatoms. The SMILES string of the molecule is COCCN1C(=O)c2ccccc2[C@@H](C(=O)Nc2cc(C)c(Cl)cc2OC)[C@@H]1c1ccc(F)cc1. The van der Waals surface area contributed by atoms with Gasteiger partial charge in [-0.3, -0.25) is 9.59 Å². The standard InChI is InChI=1S/C27H26ClFN2O4/c1-16-14-22(23(35-3)15-21(16)28)30-26(32)24-19-6-4-5-7-20(19)27(33)31(12-13-34-2)25(24)17-8-10-18(29)11-9-17/h4-11,14-15,24-25H,12-13H2,1-3H3,(H,30,32)/t24-,25+/m1/s1. The molecule has 0 saturated carbocycles. The Labute approximate surface area is 208 Å². The number of fused-ring (bicyclic) bond motifs is 1. The smallest absolute Gasteiger partial charge is 0.254 e. The highest BCUT2D eigenvalue weighted by Crippen LogP contribution is 2.44. The molecule has 0 unspecified atom stereocenters. The molecular weight excluding hydrogens is 471 g/mol. The summed E-state index contributed by atoms with van der Waals surface area (Å²) in [6.07, 6.45) is 0. The van der Waals surface area contributed by atoms with Gasteiger partial charge in [0, 0.05) is 30.3 Å². The zero-order valence-corrected chi connectivity index (χ0v) is 20.4. The number of halogens is 2. The first-order valence-corrected chi connectivity index (χ1v) is 11.5. The van der Waals surface area contributed by atoms with Crippen LogP contribution in [0.15, 0.2) is 60.7 Å². The summed E-state index contributed by atoms with van der Waals surface area (Å²) in [7, 11) is 3.05. The van der Waals surface area contributed by atoms with Crippen LogP contribution in [0.1, 0.15) is 39.0 Å². The van der Waals surface area contributed by atoms with E-state index in [1.54, 1.807) is 60.5 Å². The Morgan fingerprint density at radius 2 is 1.83 bits per heavy atom. The van der Waals surface area contributed by atoms with Gasteiger partial charge in [-0.25, -0.2) is 4.39 Å². The van der Waals surface area contributed by atoms with E-state index >= 15 is 0 Å². The molecule has 0 aliphatic carbocycles. The zero-order chi connectivity index (χ0) is 25.1. The molecule has 0 aromatic heterocycles. The van der Waals surface area contributed by atoms with Gasteiger partial charge >= 0.3 is 0 Å². The summed E-state index contributed by atoms with van der Waals surface area (Å²) in [6.45, 7) is 2.38. The number of methoxy groups -OCH3 is 2. The molecule has 1 aliphatic rings. The van der Waals surface area contributed by atoms with Crippen molar-refractivity contribution >= 4 is 29.1 Å². The van der Waals surface area contributed by atoms with Crippen LogP contribution < -0.4 is 10.1 Å².